The second-order valence-electron chi connectivity index (χ2n) is 7.43. The number of fused-ring (bicyclic) bond motifs is 1. The zero-order valence-corrected chi connectivity index (χ0v) is 15.4. The highest BCUT2D eigenvalue weighted by Gasteiger charge is 2.28. The first-order valence-electron chi connectivity index (χ1n) is 9.69. The standard InChI is InChI=1S/C20H25N3O4/c21-12-16-2-1-3-18-19(16)26-14-17(27-18)13-22-7-4-15(5-8-22)6-9-23-10-11-25-20(23)24/h1-3,15,17H,4-11,13-14H2/t17-/m0/s1. The fourth-order valence-electron chi connectivity index (χ4n) is 4.04. The van der Waals surface area contributed by atoms with Crippen LogP contribution in [0.15, 0.2) is 18.2 Å². The molecule has 3 heterocycles. The minimum atomic E-state index is -0.165. The lowest BCUT2D eigenvalue weighted by Gasteiger charge is -2.36. The fourth-order valence-corrected chi connectivity index (χ4v) is 4.04. The monoisotopic (exact) mass is 371 g/mol. The molecule has 1 amide bonds. The summed E-state index contributed by atoms with van der Waals surface area (Å²) in [6.45, 7) is 5.46. The van der Waals surface area contributed by atoms with Gasteiger partial charge in [-0.2, -0.15) is 5.26 Å². The van der Waals surface area contributed by atoms with E-state index in [0.717, 1.165) is 52.0 Å². The molecular formula is C20H25N3O4. The summed E-state index contributed by atoms with van der Waals surface area (Å²) in [5, 5.41) is 9.15. The average molecular weight is 371 g/mol. The first-order valence-corrected chi connectivity index (χ1v) is 9.69. The van der Waals surface area contributed by atoms with Crippen LogP contribution in [0.4, 0.5) is 4.79 Å². The molecule has 7 nitrogen and oxygen atoms in total. The maximum absolute atomic E-state index is 11.5. The molecule has 1 atom stereocenters. The van der Waals surface area contributed by atoms with Crippen molar-refractivity contribution in [1.82, 2.24) is 9.80 Å². The normalized spacial score (nSPS) is 23.1. The van der Waals surface area contributed by atoms with Crippen LogP contribution in [-0.2, 0) is 4.74 Å². The Balaban J connectivity index is 1.22. The molecule has 3 aliphatic heterocycles. The van der Waals surface area contributed by atoms with Crippen LogP contribution in [0.1, 0.15) is 24.8 Å². The van der Waals surface area contributed by atoms with Gasteiger partial charge in [0.25, 0.3) is 0 Å². The number of hydrogen-bond donors (Lipinski definition) is 0. The highest BCUT2D eigenvalue weighted by atomic mass is 16.6. The van der Waals surface area contributed by atoms with Crippen LogP contribution in [0.5, 0.6) is 11.5 Å². The number of piperidine rings is 1. The lowest BCUT2D eigenvalue weighted by molar-refractivity contribution is 0.0466. The first-order chi connectivity index (χ1) is 13.2. The number of amides is 1. The summed E-state index contributed by atoms with van der Waals surface area (Å²) in [4.78, 5) is 15.7. The Bertz CT molecular complexity index is 724. The summed E-state index contributed by atoms with van der Waals surface area (Å²) in [6, 6.07) is 7.57. The third kappa shape index (κ3) is 4.11. The highest BCUT2D eigenvalue weighted by molar-refractivity contribution is 5.69. The van der Waals surface area contributed by atoms with Gasteiger partial charge in [-0.25, -0.2) is 4.79 Å². The predicted molar refractivity (Wildman–Crippen MR) is 97.8 cm³/mol. The van der Waals surface area contributed by atoms with Crippen LogP contribution in [-0.4, -0.2) is 67.9 Å². The van der Waals surface area contributed by atoms with E-state index in [4.69, 9.17) is 19.5 Å². The quantitative estimate of drug-likeness (QED) is 0.790. The Morgan fingerprint density at radius 2 is 2.04 bits per heavy atom. The van der Waals surface area contributed by atoms with Crippen LogP contribution < -0.4 is 9.47 Å². The molecule has 0 aromatic heterocycles. The first kappa shape index (κ1) is 17.9. The number of carbonyl (C=O) groups is 1. The second kappa shape index (κ2) is 8.05. The van der Waals surface area contributed by atoms with Gasteiger partial charge in [-0.15, -0.1) is 0 Å². The summed E-state index contributed by atoms with van der Waals surface area (Å²) in [5.74, 6) is 1.89. The van der Waals surface area contributed by atoms with Gasteiger partial charge in [-0.1, -0.05) is 6.07 Å². The Hall–Kier alpha value is -2.46. The van der Waals surface area contributed by atoms with Gasteiger partial charge in [0.2, 0.25) is 0 Å². The smallest absolute Gasteiger partial charge is 0.409 e. The number of nitrogens with zero attached hydrogens (tertiary/aromatic N) is 3. The summed E-state index contributed by atoms with van der Waals surface area (Å²) >= 11 is 0. The van der Waals surface area contributed by atoms with Crippen molar-refractivity contribution in [1.29, 1.82) is 5.26 Å². The molecule has 0 saturated carbocycles. The number of likely N-dealkylation sites (tertiary alicyclic amines) is 1. The van der Waals surface area contributed by atoms with E-state index in [1.54, 1.807) is 6.07 Å². The van der Waals surface area contributed by atoms with Gasteiger partial charge in [0.1, 0.15) is 25.4 Å². The molecule has 0 bridgehead atoms. The van der Waals surface area contributed by atoms with Gasteiger partial charge in [0.05, 0.1) is 12.1 Å². The largest absolute Gasteiger partial charge is 0.484 e. The number of cyclic esters (lactones) is 1. The lowest BCUT2D eigenvalue weighted by atomic mass is 9.93. The maximum atomic E-state index is 11.5. The predicted octanol–water partition coefficient (Wildman–Crippen LogP) is 2.25. The summed E-state index contributed by atoms with van der Waals surface area (Å²) in [7, 11) is 0. The molecule has 1 aromatic carbocycles. The number of ether oxygens (including phenoxy) is 3. The number of benzene rings is 1. The van der Waals surface area contributed by atoms with Crippen LogP contribution in [0.25, 0.3) is 0 Å². The van der Waals surface area contributed by atoms with Gasteiger partial charge in [0, 0.05) is 13.1 Å². The Kier molecular flexibility index (Phi) is 5.35. The zero-order valence-electron chi connectivity index (χ0n) is 15.4. The van der Waals surface area contributed by atoms with Crippen molar-refractivity contribution in [3.8, 4) is 17.6 Å². The van der Waals surface area contributed by atoms with Crippen molar-refractivity contribution < 1.29 is 19.0 Å². The Morgan fingerprint density at radius 1 is 1.19 bits per heavy atom. The summed E-state index contributed by atoms with van der Waals surface area (Å²) in [6.07, 6.45) is 3.16. The minimum absolute atomic E-state index is 0.0117. The maximum Gasteiger partial charge on any atom is 0.409 e. The summed E-state index contributed by atoms with van der Waals surface area (Å²) in [5.41, 5.74) is 0.522. The van der Waals surface area contributed by atoms with Crippen LogP contribution in [0, 0.1) is 17.2 Å². The lowest BCUT2D eigenvalue weighted by Crippen LogP contribution is -2.44. The van der Waals surface area contributed by atoms with E-state index in [-0.39, 0.29) is 12.2 Å². The van der Waals surface area contributed by atoms with Crippen molar-refractivity contribution in [2.75, 3.05) is 45.9 Å². The molecule has 2 fully saturated rings. The molecule has 27 heavy (non-hydrogen) atoms. The van der Waals surface area contributed by atoms with Crippen molar-refractivity contribution >= 4 is 6.09 Å². The molecule has 0 spiro atoms. The molecule has 2 saturated heterocycles. The van der Waals surface area contributed by atoms with E-state index in [0.29, 0.717) is 36.2 Å². The van der Waals surface area contributed by atoms with Crippen LogP contribution in [0.2, 0.25) is 0 Å². The average Bonchev–Trinajstić information content (AvgIpc) is 3.11. The molecule has 1 aromatic rings. The van der Waals surface area contributed by atoms with Crippen molar-refractivity contribution in [2.24, 2.45) is 5.92 Å². The number of nitriles is 1. The molecular weight excluding hydrogens is 346 g/mol. The Morgan fingerprint density at radius 3 is 2.78 bits per heavy atom. The molecule has 0 unspecified atom stereocenters. The minimum Gasteiger partial charge on any atom is -0.484 e. The number of rotatable bonds is 5. The van der Waals surface area contributed by atoms with E-state index in [2.05, 4.69) is 11.0 Å². The SMILES string of the molecule is N#Cc1cccc2c1OC[C@H](CN1CCC(CCN3CCOC3=O)CC1)O2. The topological polar surface area (TPSA) is 75.0 Å². The number of hydrogen-bond acceptors (Lipinski definition) is 6. The van der Waals surface area contributed by atoms with Crippen molar-refractivity contribution in [3.05, 3.63) is 23.8 Å². The van der Waals surface area contributed by atoms with Gasteiger partial charge in [0.15, 0.2) is 11.5 Å². The molecule has 144 valence electrons. The van der Waals surface area contributed by atoms with E-state index in [9.17, 15) is 4.79 Å². The van der Waals surface area contributed by atoms with E-state index in [1.165, 1.54) is 0 Å². The van der Waals surface area contributed by atoms with Gasteiger partial charge in [-0.3, -0.25) is 4.90 Å². The van der Waals surface area contributed by atoms with Gasteiger partial charge >= 0.3 is 6.09 Å². The fraction of sp³-hybridized carbons (Fsp3) is 0.600. The Labute approximate surface area is 159 Å². The van der Waals surface area contributed by atoms with E-state index < -0.39 is 0 Å². The molecule has 0 N–H and O–H groups in total. The highest BCUT2D eigenvalue weighted by Crippen LogP contribution is 2.35. The van der Waals surface area contributed by atoms with Gasteiger partial charge < -0.3 is 19.1 Å². The third-order valence-electron chi connectivity index (χ3n) is 5.63. The summed E-state index contributed by atoms with van der Waals surface area (Å²) < 4.78 is 16.8. The zero-order chi connectivity index (χ0) is 18.6. The van der Waals surface area contributed by atoms with Crippen LogP contribution >= 0.6 is 0 Å². The molecule has 0 radical (unpaired) electrons. The van der Waals surface area contributed by atoms with E-state index in [1.807, 2.05) is 17.0 Å². The van der Waals surface area contributed by atoms with Gasteiger partial charge in [-0.05, 0) is 50.4 Å². The third-order valence-corrected chi connectivity index (χ3v) is 5.63. The van der Waals surface area contributed by atoms with Crippen LogP contribution in [0.3, 0.4) is 0 Å². The van der Waals surface area contributed by atoms with Crippen molar-refractivity contribution in [2.45, 2.75) is 25.4 Å². The molecule has 3 aliphatic rings. The number of para-hydroxylation sites is 1. The molecule has 7 heteroatoms. The molecule has 0 aliphatic carbocycles. The molecule has 4 rings (SSSR count). The van der Waals surface area contributed by atoms with E-state index >= 15 is 0 Å². The van der Waals surface area contributed by atoms with Crippen molar-refractivity contribution in [3.63, 3.8) is 0 Å². The second-order valence-corrected chi connectivity index (χ2v) is 7.43. The number of carbonyl (C=O) groups excluding carboxylic acids is 1.